The number of amides is 4. The van der Waals surface area contributed by atoms with Gasteiger partial charge in [-0.15, -0.1) is 0 Å². The van der Waals surface area contributed by atoms with Gasteiger partial charge in [0.1, 0.15) is 12.8 Å². The Morgan fingerprint density at radius 1 is 0.381 bits per heavy atom. The standard InChI is InChI=1S/2C17H18N2O2.2C4H8O.2BF4.Cu/c2*20-16(18-12-14-7-3-1-4-8-14)11-17(21)19-13-15-9-5-2-6-10-15;2*1-2-4-5-3-1;2*2-1(3,4)5;/h2*1-10H,11-13H2,(H,18,20)(H,19,21);2*1-4H2;;;/q;;;;2*-1;+2. The number of halogens is 8. The molecule has 10 nitrogen and oxygen atoms in total. The summed E-state index contributed by atoms with van der Waals surface area (Å²) in [6.45, 7) is 5.74. The molecule has 2 fully saturated rings. The zero-order chi connectivity index (χ0) is 45.9. The minimum Gasteiger partial charge on any atom is -0.418 e. The normalized spacial score (nSPS) is 12.3. The van der Waals surface area contributed by atoms with Crippen molar-refractivity contribution >= 4 is 38.1 Å². The molecule has 21 heteroatoms. The predicted octanol–water partition coefficient (Wildman–Crippen LogP) is 8.21. The maximum atomic E-state index is 11.7. The van der Waals surface area contributed by atoms with Gasteiger partial charge >= 0.3 is 31.6 Å². The van der Waals surface area contributed by atoms with Crippen molar-refractivity contribution in [2.24, 2.45) is 0 Å². The Morgan fingerprint density at radius 2 is 0.556 bits per heavy atom. The molecule has 349 valence electrons. The molecule has 6 rings (SSSR count). The van der Waals surface area contributed by atoms with Crippen LogP contribution in [-0.4, -0.2) is 64.6 Å². The second-order valence-electron chi connectivity index (χ2n) is 13.0. The van der Waals surface area contributed by atoms with Gasteiger partial charge in [0, 0.05) is 52.6 Å². The average molecular weight is 946 g/mol. The number of nitrogens with one attached hydrogen (secondary N) is 4. The second-order valence-corrected chi connectivity index (χ2v) is 13.0. The largest absolute Gasteiger partial charge is 2.00 e. The zero-order valence-corrected chi connectivity index (χ0v) is 35.3. The molecule has 2 aliphatic heterocycles. The Balaban J connectivity index is 0.000000842. The molecule has 4 aromatic carbocycles. The fraction of sp³-hybridized carbons (Fsp3) is 0.333. The first-order valence-corrected chi connectivity index (χ1v) is 19.6. The van der Waals surface area contributed by atoms with E-state index < -0.39 is 14.5 Å². The van der Waals surface area contributed by atoms with Gasteiger partial charge < -0.3 is 65.3 Å². The first-order chi connectivity index (χ1) is 29.5. The fourth-order valence-corrected chi connectivity index (χ4v) is 4.75. The maximum Gasteiger partial charge on any atom is 2.00 e. The molecule has 0 spiro atoms. The quantitative estimate of drug-likeness (QED) is 0.0643. The number of ether oxygens (including phenoxy) is 2. The molecule has 0 bridgehead atoms. The number of benzene rings is 4. The van der Waals surface area contributed by atoms with Crippen LogP contribution in [0.15, 0.2) is 121 Å². The first kappa shape index (κ1) is 57.8. The molecule has 4 amide bonds. The molecule has 4 N–H and O–H groups in total. The van der Waals surface area contributed by atoms with Gasteiger partial charge in [-0.1, -0.05) is 121 Å². The van der Waals surface area contributed by atoms with E-state index in [1.54, 1.807) is 0 Å². The van der Waals surface area contributed by atoms with Crippen LogP contribution in [0.4, 0.5) is 34.5 Å². The van der Waals surface area contributed by atoms with Crippen molar-refractivity contribution in [2.75, 3.05) is 26.4 Å². The van der Waals surface area contributed by atoms with Crippen LogP contribution >= 0.6 is 0 Å². The molecule has 0 unspecified atom stereocenters. The van der Waals surface area contributed by atoms with Gasteiger partial charge in [0.05, 0.1) is 0 Å². The van der Waals surface area contributed by atoms with E-state index >= 15 is 0 Å². The molecule has 2 aliphatic rings. The van der Waals surface area contributed by atoms with E-state index in [2.05, 4.69) is 21.3 Å². The molecule has 2 heterocycles. The Kier molecular flexibility index (Phi) is 32.3. The van der Waals surface area contributed by atoms with E-state index in [0.717, 1.165) is 48.7 Å². The zero-order valence-electron chi connectivity index (χ0n) is 34.4. The summed E-state index contributed by atoms with van der Waals surface area (Å²) in [5.74, 6) is -1.09. The van der Waals surface area contributed by atoms with Crippen LogP contribution in [0.3, 0.4) is 0 Å². The number of hydrogen-bond acceptors (Lipinski definition) is 6. The molecule has 4 aromatic rings. The molecular weight excluding hydrogens is 894 g/mol. The summed E-state index contributed by atoms with van der Waals surface area (Å²) in [4.78, 5) is 46.7. The van der Waals surface area contributed by atoms with E-state index in [4.69, 9.17) is 9.47 Å². The van der Waals surface area contributed by atoms with Crippen LogP contribution in [0.25, 0.3) is 0 Å². The van der Waals surface area contributed by atoms with Crippen LogP contribution in [-0.2, 0) is 71.9 Å². The Bertz CT molecular complexity index is 1520. The van der Waals surface area contributed by atoms with E-state index in [1.807, 2.05) is 121 Å². The average Bonchev–Trinajstić information content (AvgIpc) is 4.03. The van der Waals surface area contributed by atoms with Crippen molar-refractivity contribution in [1.82, 2.24) is 21.3 Å². The third-order valence-corrected chi connectivity index (χ3v) is 7.63. The summed E-state index contributed by atoms with van der Waals surface area (Å²) in [5.41, 5.74) is 4.04. The number of carbonyl (C=O) groups is 4. The van der Waals surface area contributed by atoms with Gasteiger partial charge in [-0.2, -0.15) is 0 Å². The molecule has 1 radical (unpaired) electrons. The molecule has 0 aromatic heterocycles. The number of carbonyl (C=O) groups excluding carboxylic acids is 4. The molecular formula is C42H52B2CuF8N4O6. The molecule has 0 atom stereocenters. The smallest absolute Gasteiger partial charge is 0.418 e. The van der Waals surface area contributed by atoms with Crippen LogP contribution < -0.4 is 21.3 Å². The number of rotatable bonds is 12. The van der Waals surface area contributed by atoms with Crippen molar-refractivity contribution in [1.29, 1.82) is 0 Å². The first-order valence-electron chi connectivity index (χ1n) is 19.6. The van der Waals surface area contributed by atoms with Crippen molar-refractivity contribution in [3.63, 3.8) is 0 Å². The summed E-state index contributed by atoms with van der Waals surface area (Å²) in [5, 5.41) is 10.9. The van der Waals surface area contributed by atoms with E-state index in [-0.39, 0.29) is 53.5 Å². The number of hydrogen-bond donors (Lipinski definition) is 4. The van der Waals surface area contributed by atoms with E-state index in [0.29, 0.717) is 26.2 Å². The fourth-order valence-electron chi connectivity index (χ4n) is 4.75. The van der Waals surface area contributed by atoms with Crippen molar-refractivity contribution in [3.05, 3.63) is 144 Å². The Labute approximate surface area is 373 Å². The van der Waals surface area contributed by atoms with Crippen LogP contribution in [0.1, 0.15) is 60.8 Å². The summed E-state index contributed by atoms with van der Waals surface area (Å²) in [6, 6.07) is 38.4. The Morgan fingerprint density at radius 3 is 0.698 bits per heavy atom. The summed E-state index contributed by atoms with van der Waals surface area (Å²) in [7, 11) is -12.0. The summed E-state index contributed by atoms with van der Waals surface area (Å²) in [6.07, 6.45) is 4.80. The van der Waals surface area contributed by atoms with Crippen LogP contribution in [0.2, 0.25) is 0 Å². The molecule has 2 saturated heterocycles. The van der Waals surface area contributed by atoms with Gasteiger partial charge in [0.2, 0.25) is 23.6 Å². The van der Waals surface area contributed by atoms with Gasteiger partial charge in [0.25, 0.3) is 0 Å². The second kappa shape index (κ2) is 35.3. The predicted molar refractivity (Wildman–Crippen MR) is 223 cm³/mol. The summed E-state index contributed by atoms with van der Waals surface area (Å²) >= 11 is 0. The van der Waals surface area contributed by atoms with Crippen LogP contribution in [0, 0.1) is 0 Å². The van der Waals surface area contributed by atoms with Crippen molar-refractivity contribution in [2.45, 2.75) is 64.7 Å². The van der Waals surface area contributed by atoms with E-state index in [9.17, 15) is 53.7 Å². The summed E-state index contributed by atoms with van der Waals surface area (Å²) < 4.78 is 87.9. The monoisotopic (exact) mass is 945 g/mol. The van der Waals surface area contributed by atoms with Gasteiger partial charge in [-0.3, -0.25) is 19.2 Å². The van der Waals surface area contributed by atoms with Crippen molar-refractivity contribution < 1.29 is 80.2 Å². The topological polar surface area (TPSA) is 135 Å². The molecule has 0 aliphatic carbocycles. The van der Waals surface area contributed by atoms with E-state index in [1.165, 1.54) is 25.7 Å². The minimum atomic E-state index is -6.00. The maximum absolute atomic E-state index is 11.7. The third-order valence-electron chi connectivity index (χ3n) is 7.63. The SMILES string of the molecule is C1CCOC1.C1CCOC1.F[B-](F)(F)F.F[B-](F)(F)F.O=C(CC(=O)NCc1ccccc1)NCc1ccccc1.O=C(CC(=O)NCc1ccccc1)NCc1ccccc1.[Cu+2]. The minimum absolute atomic E-state index is 0. The van der Waals surface area contributed by atoms with Crippen LogP contribution in [0.5, 0.6) is 0 Å². The molecule has 0 saturated carbocycles. The Hall–Kier alpha value is -5.23. The third kappa shape index (κ3) is 40.6. The van der Waals surface area contributed by atoms with Gasteiger partial charge in [0.15, 0.2) is 0 Å². The van der Waals surface area contributed by atoms with Crippen molar-refractivity contribution in [3.8, 4) is 0 Å². The van der Waals surface area contributed by atoms with Gasteiger partial charge in [-0.05, 0) is 47.9 Å². The molecule has 63 heavy (non-hydrogen) atoms. The van der Waals surface area contributed by atoms with Gasteiger partial charge in [-0.25, -0.2) is 0 Å².